The molecule has 0 aliphatic heterocycles. The number of para-hydroxylation sites is 1. The fourth-order valence-electron chi connectivity index (χ4n) is 2.11. The van der Waals surface area contributed by atoms with Crippen LogP contribution >= 0.6 is 11.6 Å². The summed E-state index contributed by atoms with van der Waals surface area (Å²) in [4.78, 5) is 34.4. The molecular weight excluding hydrogens is 367 g/mol. The summed E-state index contributed by atoms with van der Waals surface area (Å²) < 4.78 is 18.0. The van der Waals surface area contributed by atoms with Crippen molar-refractivity contribution in [3.05, 3.63) is 69.0 Å². The van der Waals surface area contributed by atoms with Crippen molar-refractivity contribution in [1.29, 1.82) is 0 Å². The zero-order valence-corrected chi connectivity index (χ0v) is 14.3. The van der Waals surface area contributed by atoms with Gasteiger partial charge in [0, 0.05) is 11.6 Å². The number of carbonyl (C=O) groups excluding carboxylic acids is 2. The molecule has 0 saturated carbocycles. The highest BCUT2D eigenvalue weighted by Crippen LogP contribution is 2.23. The van der Waals surface area contributed by atoms with Gasteiger partial charge < -0.3 is 10.1 Å². The number of halogens is 2. The summed E-state index contributed by atoms with van der Waals surface area (Å²) >= 11 is 5.81. The van der Waals surface area contributed by atoms with E-state index in [9.17, 15) is 24.1 Å². The second-order valence-electron chi connectivity index (χ2n) is 5.31. The molecule has 0 aromatic heterocycles. The molecule has 0 heterocycles. The Morgan fingerprint density at radius 2 is 2.00 bits per heavy atom. The van der Waals surface area contributed by atoms with Crippen LogP contribution < -0.4 is 5.32 Å². The van der Waals surface area contributed by atoms with Crippen LogP contribution in [0.5, 0.6) is 0 Å². The van der Waals surface area contributed by atoms with Crippen LogP contribution in [0.25, 0.3) is 0 Å². The number of hydrogen-bond donors (Lipinski definition) is 1. The Bertz CT molecular complexity index is 859. The lowest BCUT2D eigenvalue weighted by Crippen LogP contribution is -2.30. The van der Waals surface area contributed by atoms with Crippen LogP contribution in [0.4, 0.5) is 15.8 Å². The van der Waals surface area contributed by atoms with Crippen LogP contribution in [0, 0.1) is 15.9 Å². The van der Waals surface area contributed by atoms with Gasteiger partial charge >= 0.3 is 5.97 Å². The molecule has 26 heavy (non-hydrogen) atoms. The molecule has 0 spiro atoms. The first-order chi connectivity index (χ1) is 12.3. The van der Waals surface area contributed by atoms with E-state index in [1.54, 1.807) is 6.07 Å². The molecule has 7 nitrogen and oxygen atoms in total. The lowest BCUT2D eigenvalue weighted by atomic mass is 10.1. The van der Waals surface area contributed by atoms with E-state index in [4.69, 9.17) is 16.3 Å². The summed E-state index contributed by atoms with van der Waals surface area (Å²) in [6, 6.07) is 9.17. The largest absolute Gasteiger partial charge is 0.452 e. The number of amides is 1. The smallest absolute Gasteiger partial charge is 0.311 e. The second-order valence-corrected chi connectivity index (χ2v) is 5.72. The van der Waals surface area contributed by atoms with Gasteiger partial charge in [-0.2, -0.15) is 0 Å². The van der Waals surface area contributed by atoms with Crippen molar-refractivity contribution in [3.63, 3.8) is 0 Å². The summed E-state index contributed by atoms with van der Waals surface area (Å²) in [5.74, 6) is -2.03. The van der Waals surface area contributed by atoms with E-state index >= 15 is 0 Å². The molecule has 9 heteroatoms. The molecule has 2 rings (SSSR count). The topological polar surface area (TPSA) is 98.5 Å². The van der Waals surface area contributed by atoms with Gasteiger partial charge in [0.05, 0.1) is 22.1 Å². The first-order valence-electron chi connectivity index (χ1n) is 7.45. The molecule has 0 aliphatic rings. The monoisotopic (exact) mass is 380 g/mol. The zero-order chi connectivity index (χ0) is 19.3. The maximum Gasteiger partial charge on any atom is 0.311 e. The number of anilines is 1. The van der Waals surface area contributed by atoms with Crippen molar-refractivity contribution >= 4 is 34.9 Å². The molecule has 0 aliphatic carbocycles. The van der Waals surface area contributed by atoms with Gasteiger partial charge in [-0.25, -0.2) is 4.39 Å². The number of benzene rings is 2. The number of nitrogens with zero attached hydrogens (tertiary/aromatic N) is 1. The molecule has 0 unspecified atom stereocenters. The lowest BCUT2D eigenvalue weighted by Gasteiger charge is -2.14. The first kappa shape index (κ1) is 19.3. The van der Waals surface area contributed by atoms with Gasteiger partial charge in [-0.3, -0.25) is 19.7 Å². The van der Waals surface area contributed by atoms with E-state index in [1.165, 1.54) is 31.2 Å². The molecule has 0 fully saturated rings. The fourth-order valence-corrected chi connectivity index (χ4v) is 2.33. The van der Waals surface area contributed by atoms with Gasteiger partial charge in [-0.15, -0.1) is 0 Å². The summed E-state index contributed by atoms with van der Waals surface area (Å²) in [5.41, 5.74) is 0.135. The average Bonchev–Trinajstić information content (AvgIpc) is 2.57. The summed E-state index contributed by atoms with van der Waals surface area (Å²) in [6.45, 7) is 1.34. The molecule has 136 valence electrons. The number of rotatable bonds is 6. The van der Waals surface area contributed by atoms with Gasteiger partial charge in [-0.05, 0) is 25.1 Å². The lowest BCUT2D eigenvalue weighted by molar-refractivity contribution is -0.385. The summed E-state index contributed by atoms with van der Waals surface area (Å²) in [5, 5.41) is 13.4. The number of nitro groups is 1. The normalized spacial score (nSPS) is 11.5. The minimum atomic E-state index is -1.17. The highest BCUT2D eigenvalue weighted by atomic mass is 35.5. The third kappa shape index (κ3) is 5.00. The Labute approximate surface area is 152 Å². The van der Waals surface area contributed by atoms with Crippen molar-refractivity contribution in [3.8, 4) is 0 Å². The van der Waals surface area contributed by atoms with Crippen LogP contribution in [-0.2, 0) is 20.7 Å². The molecule has 1 atom stereocenters. The number of nitro benzene ring substituents is 1. The Balaban J connectivity index is 1.98. The first-order valence-corrected chi connectivity index (χ1v) is 7.83. The Morgan fingerprint density at radius 1 is 1.31 bits per heavy atom. The molecular formula is C17H14ClFN2O5. The van der Waals surface area contributed by atoms with Crippen LogP contribution in [0.1, 0.15) is 12.5 Å². The number of esters is 1. The van der Waals surface area contributed by atoms with Crippen LogP contribution in [0.3, 0.4) is 0 Å². The van der Waals surface area contributed by atoms with Gasteiger partial charge in [0.2, 0.25) is 0 Å². The quantitative estimate of drug-likeness (QED) is 0.469. The molecule has 2 aromatic carbocycles. The predicted molar refractivity (Wildman–Crippen MR) is 92.4 cm³/mol. The zero-order valence-electron chi connectivity index (χ0n) is 13.6. The minimum Gasteiger partial charge on any atom is -0.452 e. The van der Waals surface area contributed by atoms with Gasteiger partial charge in [0.25, 0.3) is 11.6 Å². The molecule has 0 saturated heterocycles. The standard InChI is InChI=1S/C17H14ClFN2O5/c1-10(17(23)20-14-7-6-12(19)9-13(14)18)26-16(22)8-11-4-2-3-5-15(11)21(24)25/h2-7,9-10H,8H2,1H3,(H,20,23)/t10-/m0/s1. The third-order valence-corrected chi connectivity index (χ3v) is 3.70. The number of nitrogens with one attached hydrogen (secondary N) is 1. The molecule has 0 radical (unpaired) electrons. The van der Waals surface area contributed by atoms with Crippen molar-refractivity contribution in [2.24, 2.45) is 0 Å². The fraction of sp³-hybridized carbons (Fsp3) is 0.176. The summed E-state index contributed by atoms with van der Waals surface area (Å²) in [7, 11) is 0. The third-order valence-electron chi connectivity index (χ3n) is 3.39. The van der Waals surface area contributed by atoms with Crippen LogP contribution in [0.2, 0.25) is 5.02 Å². The Kier molecular flexibility index (Phi) is 6.24. The van der Waals surface area contributed by atoms with Crippen molar-refractivity contribution < 1.29 is 23.6 Å². The van der Waals surface area contributed by atoms with Gasteiger partial charge in [0.1, 0.15) is 5.82 Å². The van der Waals surface area contributed by atoms with Crippen LogP contribution in [0.15, 0.2) is 42.5 Å². The van der Waals surface area contributed by atoms with E-state index in [0.29, 0.717) is 0 Å². The van der Waals surface area contributed by atoms with E-state index in [0.717, 1.165) is 12.1 Å². The highest BCUT2D eigenvalue weighted by molar-refractivity contribution is 6.33. The van der Waals surface area contributed by atoms with Crippen molar-refractivity contribution in [2.75, 3.05) is 5.32 Å². The van der Waals surface area contributed by atoms with Crippen molar-refractivity contribution in [2.45, 2.75) is 19.4 Å². The maximum absolute atomic E-state index is 13.0. The molecule has 1 N–H and O–H groups in total. The molecule has 1 amide bonds. The Morgan fingerprint density at radius 3 is 2.65 bits per heavy atom. The van der Waals surface area contributed by atoms with Gasteiger partial charge in [0.15, 0.2) is 6.10 Å². The van der Waals surface area contributed by atoms with Crippen molar-refractivity contribution in [1.82, 2.24) is 0 Å². The Hall–Kier alpha value is -3.00. The number of hydrogen-bond acceptors (Lipinski definition) is 5. The SMILES string of the molecule is C[C@H](OC(=O)Cc1ccccc1[N+](=O)[O-])C(=O)Nc1ccc(F)cc1Cl. The predicted octanol–water partition coefficient (Wildman–Crippen LogP) is 3.50. The number of carbonyl (C=O) groups is 2. The van der Waals surface area contributed by atoms with E-state index < -0.39 is 28.7 Å². The highest BCUT2D eigenvalue weighted by Gasteiger charge is 2.21. The number of ether oxygens (including phenoxy) is 1. The van der Waals surface area contributed by atoms with Gasteiger partial charge in [-0.1, -0.05) is 29.8 Å². The van der Waals surface area contributed by atoms with E-state index in [1.807, 2.05) is 0 Å². The average molecular weight is 381 g/mol. The molecule has 2 aromatic rings. The van der Waals surface area contributed by atoms with E-state index in [2.05, 4.69) is 5.32 Å². The van der Waals surface area contributed by atoms with E-state index in [-0.39, 0.29) is 28.4 Å². The van der Waals surface area contributed by atoms with Crippen LogP contribution in [-0.4, -0.2) is 22.9 Å². The summed E-state index contributed by atoms with van der Waals surface area (Å²) in [6.07, 6.45) is -1.53. The minimum absolute atomic E-state index is 0.00298. The maximum atomic E-state index is 13.0. The molecule has 0 bridgehead atoms. The second kappa shape index (κ2) is 8.39.